The number of nitrogens with one attached hydrogen (secondary N) is 2. The summed E-state index contributed by atoms with van der Waals surface area (Å²) in [5, 5.41) is 3.27. The Morgan fingerprint density at radius 3 is 2.75 bits per heavy atom. The monoisotopic (exact) mass is 225 g/mol. The second-order valence-electron chi connectivity index (χ2n) is 4.23. The molecular formula is C11H19N3O2. The summed E-state index contributed by atoms with van der Waals surface area (Å²) >= 11 is 0. The lowest BCUT2D eigenvalue weighted by Crippen LogP contribution is -2.32. The maximum atomic E-state index is 11.4. The fourth-order valence-electron chi connectivity index (χ4n) is 1.42. The average molecular weight is 225 g/mol. The highest BCUT2D eigenvalue weighted by Crippen LogP contribution is 1.88. The van der Waals surface area contributed by atoms with Crippen LogP contribution >= 0.6 is 0 Å². The summed E-state index contributed by atoms with van der Waals surface area (Å²) in [6.45, 7) is 7.34. The molecule has 5 nitrogen and oxygen atoms in total. The summed E-state index contributed by atoms with van der Waals surface area (Å²) in [6, 6.07) is 0.453. The summed E-state index contributed by atoms with van der Waals surface area (Å²) in [6.07, 6.45) is 2.47. The fraction of sp³-hybridized carbons (Fsp3) is 0.636. The maximum absolute atomic E-state index is 11.4. The molecule has 1 aromatic rings. The fourth-order valence-corrected chi connectivity index (χ4v) is 1.42. The first-order valence-electron chi connectivity index (χ1n) is 5.54. The van der Waals surface area contributed by atoms with Crippen molar-refractivity contribution in [3.05, 3.63) is 32.6 Å². The van der Waals surface area contributed by atoms with Gasteiger partial charge in [0.05, 0.1) is 0 Å². The van der Waals surface area contributed by atoms with Crippen LogP contribution in [0.4, 0.5) is 0 Å². The van der Waals surface area contributed by atoms with E-state index in [1.54, 1.807) is 17.7 Å². The molecule has 1 rings (SSSR count). The molecule has 0 aliphatic carbocycles. The van der Waals surface area contributed by atoms with E-state index in [-0.39, 0.29) is 11.2 Å². The third-order valence-corrected chi connectivity index (χ3v) is 2.32. The van der Waals surface area contributed by atoms with Crippen molar-refractivity contribution in [3.8, 4) is 0 Å². The molecule has 0 aromatic carbocycles. The maximum Gasteiger partial charge on any atom is 0.328 e. The molecule has 0 atom stereocenters. The minimum atomic E-state index is -0.333. The molecule has 0 unspecified atom stereocenters. The smallest absolute Gasteiger partial charge is 0.314 e. The normalized spacial score (nSPS) is 11.0. The molecule has 0 aliphatic rings. The topological polar surface area (TPSA) is 66.9 Å². The molecule has 0 saturated heterocycles. The molecular weight excluding hydrogens is 206 g/mol. The van der Waals surface area contributed by atoms with Gasteiger partial charge in [-0.2, -0.15) is 0 Å². The van der Waals surface area contributed by atoms with E-state index >= 15 is 0 Å². The number of hydrogen-bond donors (Lipinski definition) is 2. The highest BCUT2D eigenvalue weighted by molar-refractivity contribution is 5.00. The van der Waals surface area contributed by atoms with Crippen LogP contribution in [0.5, 0.6) is 0 Å². The van der Waals surface area contributed by atoms with E-state index in [2.05, 4.69) is 24.1 Å². The zero-order chi connectivity index (χ0) is 12.1. The first-order valence-corrected chi connectivity index (χ1v) is 5.54. The van der Waals surface area contributed by atoms with Crippen LogP contribution in [-0.2, 0) is 6.54 Å². The SMILES string of the molecule is Cc1cn(CCCNC(C)C)c(=O)[nH]c1=O. The van der Waals surface area contributed by atoms with Crippen molar-refractivity contribution in [1.82, 2.24) is 14.9 Å². The zero-order valence-corrected chi connectivity index (χ0v) is 10.0. The van der Waals surface area contributed by atoms with Gasteiger partial charge >= 0.3 is 5.69 Å². The number of nitrogens with zero attached hydrogens (tertiary/aromatic N) is 1. The number of H-pyrrole nitrogens is 1. The summed E-state index contributed by atoms with van der Waals surface area (Å²) < 4.78 is 1.54. The molecule has 0 radical (unpaired) electrons. The molecule has 1 aromatic heterocycles. The van der Waals surface area contributed by atoms with Crippen LogP contribution < -0.4 is 16.6 Å². The van der Waals surface area contributed by atoms with E-state index in [4.69, 9.17) is 0 Å². The number of aryl methyl sites for hydroxylation is 2. The molecule has 0 spiro atoms. The Balaban J connectivity index is 2.58. The van der Waals surface area contributed by atoms with E-state index in [0.717, 1.165) is 13.0 Å². The van der Waals surface area contributed by atoms with Crippen molar-refractivity contribution < 1.29 is 0 Å². The highest BCUT2D eigenvalue weighted by Gasteiger charge is 2.00. The molecule has 16 heavy (non-hydrogen) atoms. The molecule has 0 aliphatic heterocycles. The van der Waals surface area contributed by atoms with Gasteiger partial charge in [-0.25, -0.2) is 4.79 Å². The number of hydrogen-bond acceptors (Lipinski definition) is 3. The lowest BCUT2D eigenvalue weighted by Gasteiger charge is -2.09. The second kappa shape index (κ2) is 5.65. The van der Waals surface area contributed by atoms with E-state index in [1.165, 1.54) is 0 Å². The molecule has 0 fully saturated rings. The molecule has 0 saturated carbocycles. The largest absolute Gasteiger partial charge is 0.328 e. The lowest BCUT2D eigenvalue weighted by molar-refractivity contribution is 0.524. The molecule has 2 N–H and O–H groups in total. The predicted molar refractivity (Wildman–Crippen MR) is 63.8 cm³/mol. The Bertz CT molecular complexity index is 445. The predicted octanol–water partition coefficient (Wildman–Crippen LogP) is 0.233. The van der Waals surface area contributed by atoms with Gasteiger partial charge < -0.3 is 9.88 Å². The average Bonchev–Trinajstić information content (AvgIpc) is 2.19. The summed E-state index contributed by atoms with van der Waals surface area (Å²) in [4.78, 5) is 24.8. The standard InChI is InChI=1S/C11H19N3O2/c1-8(2)12-5-4-6-14-7-9(3)10(15)13-11(14)16/h7-8,12H,4-6H2,1-3H3,(H,13,15,16). The first kappa shape index (κ1) is 12.7. The van der Waals surface area contributed by atoms with Crippen molar-refractivity contribution in [2.24, 2.45) is 0 Å². The highest BCUT2D eigenvalue weighted by atomic mass is 16.2. The van der Waals surface area contributed by atoms with Gasteiger partial charge in [0.15, 0.2) is 0 Å². The van der Waals surface area contributed by atoms with Gasteiger partial charge in [0.25, 0.3) is 5.56 Å². The van der Waals surface area contributed by atoms with Crippen LogP contribution in [0.2, 0.25) is 0 Å². The molecule has 0 amide bonds. The second-order valence-corrected chi connectivity index (χ2v) is 4.23. The van der Waals surface area contributed by atoms with Crippen molar-refractivity contribution in [1.29, 1.82) is 0 Å². The van der Waals surface area contributed by atoms with Gasteiger partial charge in [-0.1, -0.05) is 13.8 Å². The summed E-state index contributed by atoms with van der Waals surface area (Å²) in [5.74, 6) is 0. The Morgan fingerprint density at radius 1 is 1.44 bits per heavy atom. The Hall–Kier alpha value is -1.36. The third-order valence-electron chi connectivity index (χ3n) is 2.32. The van der Waals surface area contributed by atoms with Crippen LogP contribution in [0.1, 0.15) is 25.8 Å². The van der Waals surface area contributed by atoms with Crippen molar-refractivity contribution in [2.45, 2.75) is 39.8 Å². The van der Waals surface area contributed by atoms with Gasteiger partial charge in [0.2, 0.25) is 0 Å². The van der Waals surface area contributed by atoms with Gasteiger partial charge in [0.1, 0.15) is 0 Å². The van der Waals surface area contributed by atoms with Crippen molar-refractivity contribution >= 4 is 0 Å². The van der Waals surface area contributed by atoms with E-state index in [0.29, 0.717) is 18.2 Å². The molecule has 90 valence electrons. The van der Waals surface area contributed by atoms with Crippen LogP contribution in [0.3, 0.4) is 0 Å². The number of aromatic nitrogens is 2. The van der Waals surface area contributed by atoms with E-state index in [9.17, 15) is 9.59 Å². The van der Waals surface area contributed by atoms with E-state index < -0.39 is 0 Å². The molecule has 5 heteroatoms. The number of rotatable bonds is 5. The van der Waals surface area contributed by atoms with Gasteiger partial charge in [-0.05, 0) is 19.9 Å². The van der Waals surface area contributed by atoms with Gasteiger partial charge in [0, 0.05) is 24.3 Å². The van der Waals surface area contributed by atoms with Crippen LogP contribution in [0.15, 0.2) is 15.8 Å². The summed E-state index contributed by atoms with van der Waals surface area (Å²) in [5.41, 5.74) is -0.0712. The zero-order valence-electron chi connectivity index (χ0n) is 10.0. The Morgan fingerprint density at radius 2 is 2.12 bits per heavy atom. The minimum Gasteiger partial charge on any atom is -0.314 e. The van der Waals surface area contributed by atoms with Gasteiger partial charge in [-0.15, -0.1) is 0 Å². The molecule has 1 heterocycles. The van der Waals surface area contributed by atoms with Crippen LogP contribution in [0, 0.1) is 6.92 Å². The number of aromatic amines is 1. The van der Waals surface area contributed by atoms with Gasteiger partial charge in [-0.3, -0.25) is 9.78 Å². The third kappa shape index (κ3) is 3.66. The van der Waals surface area contributed by atoms with Crippen LogP contribution in [0.25, 0.3) is 0 Å². The first-order chi connectivity index (χ1) is 7.50. The Labute approximate surface area is 94.5 Å². The van der Waals surface area contributed by atoms with Crippen LogP contribution in [-0.4, -0.2) is 22.1 Å². The quantitative estimate of drug-likeness (QED) is 0.705. The minimum absolute atomic E-state index is 0.304. The van der Waals surface area contributed by atoms with E-state index in [1.807, 2.05) is 0 Å². The van der Waals surface area contributed by atoms with Crippen molar-refractivity contribution in [2.75, 3.05) is 6.54 Å². The lowest BCUT2D eigenvalue weighted by atomic mass is 10.3. The molecule has 0 bridgehead atoms. The summed E-state index contributed by atoms with van der Waals surface area (Å²) in [7, 11) is 0. The van der Waals surface area contributed by atoms with Crippen molar-refractivity contribution in [3.63, 3.8) is 0 Å². The Kier molecular flexibility index (Phi) is 4.49.